The molecule has 0 bridgehead atoms. The van der Waals surface area contributed by atoms with Gasteiger partial charge in [0, 0.05) is 56.7 Å². The molecule has 0 spiro atoms. The minimum Gasteiger partial charge on any atom is -0.483 e. The van der Waals surface area contributed by atoms with Crippen LogP contribution in [0.2, 0.25) is 0 Å². The molecule has 1 amide bonds. The highest BCUT2D eigenvalue weighted by Crippen LogP contribution is 2.43. The zero-order valence-corrected chi connectivity index (χ0v) is 29.9. The zero-order chi connectivity index (χ0) is 35.9. The average Bonchev–Trinajstić information content (AvgIpc) is 3.44. The zero-order valence-electron chi connectivity index (χ0n) is 29.9. The third-order valence-corrected chi connectivity index (χ3v) is 9.63. The molecule has 2 N–H and O–H groups in total. The number of hydrogen-bond acceptors (Lipinski definition) is 9. The summed E-state index contributed by atoms with van der Waals surface area (Å²) in [5, 5.41) is 3.21. The van der Waals surface area contributed by atoms with Gasteiger partial charge in [-0.05, 0) is 57.7 Å². The molecule has 3 heterocycles. The highest BCUT2D eigenvalue weighted by atomic mass is 16.5. The predicted molar refractivity (Wildman–Crippen MR) is 191 cm³/mol. The van der Waals surface area contributed by atoms with Gasteiger partial charge in [0.05, 0.1) is 35.2 Å². The Morgan fingerprint density at radius 2 is 1.62 bits per heavy atom. The summed E-state index contributed by atoms with van der Waals surface area (Å²) < 4.78 is 19.4. The number of methoxy groups -OCH3 is 1. The number of unbranched alkanes of at least 4 members (excludes halogenated alkanes) is 1. The number of para-hydroxylation sites is 3. The van der Waals surface area contributed by atoms with Gasteiger partial charge in [0.15, 0.2) is 6.61 Å². The number of aromatic amines is 1. The molecule has 1 fully saturated rings. The summed E-state index contributed by atoms with van der Waals surface area (Å²) in [4.78, 5) is 59.6. The number of piperidine rings is 1. The van der Waals surface area contributed by atoms with Crippen molar-refractivity contribution < 1.29 is 28.6 Å². The molecular weight excluding hydrogens is 638 g/mol. The summed E-state index contributed by atoms with van der Waals surface area (Å²) in [5.74, 6) is -1.83. The number of dihydropyridines is 1. The fourth-order valence-electron chi connectivity index (χ4n) is 6.99. The Morgan fingerprint density at radius 1 is 0.960 bits per heavy atom. The molecule has 268 valence electrons. The number of nitrogens with zero attached hydrogens (tertiary/aromatic N) is 3. The Morgan fingerprint density at radius 3 is 2.30 bits per heavy atom. The van der Waals surface area contributed by atoms with Crippen LogP contribution in [0.25, 0.3) is 11.0 Å². The topological polar surface area (TPSA) is 135 Å². The monoisotopic (exact) mass is 687 g/mol. The van der Waals surface area contributed by atoms with Gasteiger partial charge in [-0.2, -0.15) is 0 Å². The molecule has 2 aliphatic rings. The number of benzene rings is 2. The number of likely N-dealkylation sites (tertiary alicyclic amines) is 1. The summed E-state index contributed by atoms with van der Waals surface area (Å²) in [6, 6.07) is 14.9. The van der Waals surface area contributed by atoms with E-state index in [0.29, 0.717) is 35.7 Å². The molecule has 0 radical (unpaired) electrons. The van der Waals surface area contributed by atoms with E-state index in [0.717, 1.165) is 49.8 Å². The van der Waals surface area contributed by atoms with Crippen molar-refractivity contribution in [3.8, 4) is 5.75 Å². The second-order valence-electron chi connectivity index (χ2n) is 13.3. The molecule has 2 unspecified atom stereocenters. The summed E-state index contributed by atoms with van der Waals surface area (Å²) in [7, 11) is 4.60. The summed E-state index contributed by atoms with van der Waals surface area (Å²) in [6.45, 7) is 7.52. The van der Waals surface area contributed by atoms with Gasteiger partial charge in [0.1, 0.15) is 11.9 Å². The van der Waals surface area contributed by atoms with Crippen LogP contribution in [0, 0.1) is 0 Å². The number of fused-ring (bicyclic) bond motifs is 1. The number of carbonyl (C=O) groups is 3. The van der Waals surface area contributed by atoms with E-state index < -0.39 is 24.0 Å². The summed E-state index contributed by atoms with van der Waals surface area (Å²) >= 11 is 0. The molecule has 50 heavy (non-hydrogen) atoms. The first kappa shape index (κ1) is 36.4. The fraction of sp³-hybridized carbons (Fsp3) is 0.474. The Labute approximate surface area is 293 Å². The largest absolute Gasteiger partial charge is 0.483 e. The SMILES string of the molecule is CCCCC(CN1CCC(n2c(=O)[nH]c3ccccc32)CC1)OC(=O)C1=C(C)NC(C)=C(C(=O)OC)C1c1ccccc1OCC(=O)N(C)C. The van der Waals surface area contributed by atoms with Crippen LogP contribution in [0.1, 0.15) is 70.4 Å². The Kier molecular flexibility index (Phi) is 11.8. The van der Waals surface area contributed by atoms with Crippen LogP contribution in [0.15, 0.2) is 75.9 Å². The van der Waals surface area contributed by atoms with Gasteiger partial charge in [-0.25, -0.2) is 14.4 Å². The number of rotatable bonds is 13. The molecule has 1 saturated heterocycles. The van der Waals surface area contributed by atoms with E-state index in [1.807, 2.05) is 28.8 Å². The van der Waals surface area contributed by atoms with Gasteiger partial charge >= 0.3 is 17.6 Å². The molecule has 5 rings (SSSR count). The van der Waals surface area contributed by atoms with Crippen LogP contribution in [0.4, 0.5) is 0 Å². The number of likely N-dealkylation sites (N-methyl/N-ethyl adjacent to an activating group) is 1. The van der Waals surface area contributed by atoms with Crippen molar-refractivity contribution in [2.24, 2.45) is 0 Å². The van der Waals surface area contributed by atoms with Crippen LogP contribution >= 0.6 is 0 Å². The number of nitrogens with one attached hydrogen (secondary N) is 2. The van der Waals surface area contributed by atoms with Crippen molar-refractivity contribution in [2.45, 2.75) is 70.9 Å². The van der Waals surface area contributed by atoms with Gasteiger partial charge in [-0.15, -0.1) is 0 Å². The lowest BCUT2D eigenvalue weighted by Gasteiger charge is -2.35. The van der Waals surface area contributed by atoms with E-state index in [2.05, 4.69) is 22.1 Å². The molecule has 0 saturated carbocycles. The maximum Gasteiger partial charge on any atom is 0.337 e. The summed E-state index contributed by atoms with van der Waals surface area (Å²) in [5.41, 5.74) is 3.86. The molecule has 3 aromatic rings. The molecule has 12 heteroatoms. The van der Waals surface area contributed by atoms with Crippen LogP contribution < -0.4 is 15.7 Å². The van der Waals surface area contributed by atoms with E-state index in [4.69, 9.17) is 14.2 Å². The smallest absolute Gasteiger partial charge is 0.337 e. The van der Waals surface area contributed by atoms with E-state index in [9.17, 15) is 19.2 Å². The molecule has 0 aliphatic carbocycles. The number of hydrogen-bond donors (Lipinski definition) is 2. The first-order valence-corrected chi connectivity index (χ1v) is 17.3. The van der Waals surface area contributed by atoms with Crippen molar-refractivity contribution in [2.75, 3.05) is 47.4 Å². The number of H-pyrrole nitrogens is 1. The van der Waals surface area contributed by atoms with Crippen LogP contribution in [-0.4, -0.2) is 90.7 Å². The third-order valence-electron chi connectivity index (χ3n) is 9.63. The first-order valence-electron chi connectivity index (χ1n) is 17.3. The maximum atomic E-state index is 14.4. The number of esters is 2. The lowest BCUT2D eigenvalue weighted by Crippen LogP contribution is -2.42. The van der Waals surface area contributed by atoms with E-state index in [1.54, 1.807) is 52.2 Å². The second-order valence-corrected chi connectivity index (χ2v) is 13.3. The standard InChI is InChI=1S/C38H49N5O7/c1-7-8-13-27(22-42-20-18-26(19-21-42)43-30-16-11-10-15-29(30)40-38(43)47)50-37(46)34-25(3)39-24(2)33(36(45)48-6)35(34)28-14-9-12-17-31(28)49-23-32(44)41(4)5/h9-12,14-17,26-27,35,39H,7-8,13,18-23H2,1-6H3,(H,40,47). The Balaban J connectivity index is 1.38. The molecule has 2 aromatic carbocycles. The molecule has 2 atom stereocenters. The minimum atomic E-state index is -0.862. The highest BCUT2D eigenvalue weighted by Gasteiger charge is 2.40. The summed E-state index contributed by atoms with van der Waals surface area (Å²) in [6.07, 6.45) is 3.70. The average molecular weight is 688 g/mol. The van der Waals surface area contributed by atoms with Gasteiger partial charge < -0.3 is 29.4 Å². The van der Waals surface area contributed by atoms with Crippen LogP contribution in [0.3, 0.4) is 0 Å². The molecule has 12 nitrogen and oxygen atoms in total. The second kappa shape index (κ2) is 16.2. The van der Waals surface area contributed by atoms with Crippen molar-refractivity contribution in [1.82, 2.24) is 24.7 Å². The Hall–Kier alpha value is -4.84. The number of ether oxygens (including phenoxy) is 3. The van der Waals surface area contributed by atoms with E-state index in [-0.39, 0.29) is 35.4 Å². The number of carbonyl (C=O) groups excluding carboxylic acids is 3. The quantitative estimate of drug-likeness (QED) is 0.247. The van der Waals surface area contributed by atoms with E-state index >= 15 is 0 Å². The molecule has 1 aromatic heterocycles. The normalized spacial score (nSPS) is 17.8. The van der Waals surface area contributed by atoms with Crippen molar-refractivity contribution >= 4 is 28.9 Å². The van der Waals surface area contributed by atoms with Crippen LogP contribution in [-0.2, 0) is 23.9 Å². The highest BCUT2D eigenvalue weighted by molar-refractivity contribution is 6.00. The lowest BCUT2D eigenvalue weighted by atomic mass is 9.80. The van der Waals surface area contributed by atoms with Gasteiger partial charge in [0.25, 0.3) is 5.91 Å². The molecule has 2 aliphatic heterocycles. The number of allylic oxidation sites excluding steroid dienone is 2. The maximum absolute atomic E-state index is 14.4. The first-order chi connectivity index (χ1) is 24.0. The fourth-order valence-corrected chi connectivity index (χ4v) is 6.99. The van der Waals surface area contributed by atoms with Gasteiger partial charge in [-0.1, -0.05) is 43.7 Å². The Bertz CT molecular complexity index is 1830. The lowest BCUT2D eigenvalue weighted by molar-refractivity contribution is -0.146. The van der Waals surface area contributed by atoms with Crippen LogP contribution in [0.5, 0.6) is 5.75 Å². The van der Waals surface area contributed by atoms with E-state index in [1.165, 1.54) is 12.0 Å². The molecular formula is C38H49N5O7. The number of imidazole rings is 1. The van der Waals surface area contributed by atoms with Crippen molar-refractivity contribution in [3.63, 3.8) is 0 Å². The van der Waals surface area contributed by atoms with Crippen molar-refractivity contribution in [3.05, 3.63) is 87.1 Å². The predicted octanol–water partition coefficient (Wildman–Crippen LogP) is 4.64. The van der Waals surface area contributed by atoms with Crippen molar-refractivity contribution in [1.29, 1.82) is 0 Å². The minimum absolute atomic E-state index is 0.0792. The number of aromatic nitrogens is 2. The number of amides is 1. The third kappa shape index (κ3) is 7.96. The van der Waals surface area contributed by atoms with Gasteiger partial charge in [-0.3, -0.25) is 14.3 Å². The van der Waals surface area contributed by atoms with Gasteiger partial charge in [0.2, 0.25) is 0 Å².